The molecule has 1 rings (SSSR count). The van der Waals surface area contributed by atoms with E-state index in [0.29, 0.717) is 5.41 Å². The van der Waals surface area contributed by atoms with E-state index < -0.39 is 0 Å². The molecular weight excluding hydrogens is 184 g/mol. The molecule has 1 fully saturated rings. The molecule has 0 N–H and O–H groups in total. The van der Waals surface area contributed by atoms with Crippen LogP contribution in [0.1, 0.15) is 41.0 Å². The third kappa shape index (κ3) is 7.80. The number of hydrogen-bond acceptors (Lipinski definition) is 2. The van der Waals surface area contributed by atoms with Gasteiger partial charge in [0, 0.05) is 13.1 Å². The van der Waals surface area contributed by atoms with Gasteiger partial charge in [-0.2, -0.15) is 0 Å². The Morgan fingerprint density at radius 2 is 1.47 bits per heavy atom. The van der Waals surface area contributed by atoms with Gasteiger partial charge in [-0.05, 0) is 39.5 Å². The van der Waals surface area contributed by atoms with E-state index in [1.54, 1.807) is 0 Å². The molecule has 1 aliphatic heterocycles. The summed E-state index contributed by atoms with van der Waals surface area (Å²) < 4.78 is 0. The van der Waals surface area contributed by atoms with Crippen molar-refractivity contribution in [3.8, 4) is 0 Å². The molecule has 0 aliphatic carbocycles. The monoisotopic (exact) mass is 216 g/mol. The molecule has 0 radical (unpaired) electrons. The number of rotatable bonds is 3. The fourth-order valence-corrected chi connectivity index (χ4v) is 1.91. The Morgan fingerprint density at radius 1 is 1.07 bits per heavy atom. The summed E-state index contributed by atoms with van der Waals surface area (Å²) in [4.78, 5) is 4.65. The van der Waals surface area contributed by atoms with Crippen LogP contribution in [0.3, 0.4) is 0 Å². The Bertz CT molecular complexity index is 126. The molecule has 0 amide bonds. The highest BCUT2D eigenvalue weighted by Crippen LogP contribution is 2.31. The highest BCUT2D eigenvalue weighted by molar-refractivity contribution is 4.89. The molecule has 94 valence electrons. The zero-order valence-corrected chi connectivity index (χ0v) is 12.2. The van der Waals surface area contributed by atoms with Gasteiger partial charge in [-0.25, -0.2) is 0 Å². The van der Waals surface area contributed by atoms with Crippen LogP contribution in [0.25, 0.3) is 0 Å². The Morgan fingerprint density at radius 3 is 1.73 bits per heavy atom. The van der Waals surface area contributed by atoms with Gasteiger partial charge in [0.2, 0.25) is 0 Å². The van der Waals surface area contributed by atoms with Crippen LogP contribution in [0, 0.1) is 5.41 Å². The van der Waals surface area contributed by atoms with E-state index >= 15 is 0 Å². The van der Waals surface area contributed by atoms with Crippen LogP contribution in [-0.2, 0) is 0 Å². The average Bonchev–Trinajstić information content (AvgIpc) is 2.19. The van der Waals surface area contributed by atoms with Crippen LogP contribution in [0.5, 0.6) is 0 Å². The predicted molar refractivity (Wildman–Crippen MR) is 71.5 cm³/mol. The lowest BCUT2D eigenvalue weighted by Gasteiger charge is -2.46. The topological polar surface area (TPSA) is 6.48 Å². The van der Waals surface area contributed by atoms with Gasteiger partial charge in [-0.15, -0.1) is 0 Å². The fourth-order valence-electron chi connectivity index (χ4n) is 1.91. The van der Waals surface area contributed by atoms with Crippen molar-refractivity contribution in [2.24, 2.45) is 5.41 Å². The molecule has 0 aromatic rings. The molecule has 0 atom stereocenters. The van der Waals surface area contributed by atoms with E-state index in [2.05, 4.69) is 37.9 Å². The summed E-state index contributed by atoms with van der Waals surface area (Å²) in [6.07, 6.45) is 1.34. The lowest BCUT2D eigenvalue weighted by atomic mass is 9.79. The van der Waals surface area contributed by atoms with Crippen molar-refractivity contribution in [3.63, 3.8) is 0 Å². The predicted octanol–water partition coefficient (Wildman–Crippen LogP) is 2.94. The highest BCUT2D eigenvalue weighted by Gasteiger charge is 2.35. The first kappa shape index (κ1) is 17.3. The van der Waals surface area contributed by atoms with Gasteiger partial charge < -0.3 is 9.80 Å². The SMILES string of the molecule is CC.CC.CN(C)CCC1(C)CN(C)C1. The summed E-state index contributed by atoms with van der Waals surface area (Å²) in [6.45, 7) is 14.2. The van der Waals surface area contributed by atoms with Crippen LogP contribution < -0.4 is 0 Å². The number of likely N-dealkylation sites (tertiary alicyclic amines) is 1. The summed E-state index contributed by atoms with van der Waals surface area (Å²) in [5, 5.41) is 0. The highest BCUT2D eigenvalue weighted by atomic mass is 15.2. The fraction of sp³-hybridized carbons (Fsp3) is 1.00. The quantitative estimate of drug-likeness (QED) is 0.716. The molecular formula is C13H32N2. The third-order valence-corrected chi connectivity index (χ3v) is 2.47. The molecule has 0 spiro atoms. The molecule has 1 saturated heterocycles. The molecule has 1 aliphatic rings. The third-order valence-electron chi connectivity index (χ3n) is 2.47. The van der Waals surface area contributed by atoms with Crippen molar-refractivity contribution >= 4 is 0 Å². The first-order valence-electron chi connectivity index (χ1n) is 6.35. The van der Waals surface area contributed by atoms with Gasteiger partial charge >= 0.3 is 0 Å². The molecule has 0 aromatic heterocycles. The van der Waals surface area contributed by atoms with Crippen LogP contribution in [0.2, 0.25) is 0 Å². The molecule has 0 saturated carbocycles. The molecule has 2 nitrogen and oxygen atoms in total. The Hall–Kier alpha value is -0.0800. The maximum absolute atomic E-state index is 2.39. The molecule has 2 heteroatoms. The normalized spacial score (nSPS) is 18.2. The summed E-state index contributed by atoms with van der Waals surface area (Å²) in [5.41, 5.74) is 0.610. The zero-order valence-electron chi connectivity index (χ0n) is 12.2. The average molecular weight is 216 g/mol. The Labute approximate surface area is 97.6 Å². The van der Waals surface area contributed by atoms with E-state index in [1.807, 2.05) is 27.7 Å². The molecule has 1 heterocycles. The molecule has 15 heavy (non-hydrogen) atoms. The van der Waals surface area contributed by atoms with E-state index in [0.717, 1.165) is 0 Å². The maximum Gasteiger partial charge on any atom is 0.00452 e. The van der Waals surface area contributed by atoms with Gasteiger partial charge in [-0.3, -0.25) is 0 Å². The van der Waals surface area contributed by atoms with Gasteiger partial charge in [0.05, 0.1) is 0 Å². The zero-order chi connectivity index (χ0) is 12.5. The summed E-state index contributed by atoms with van der Waals surface area (Å²) in [7, 11) is 6.48. The van der Waals surface area contributed by atoms with E-state index in [1.165, 1.54) is 26.1 Å². The summed E-state index contributed by atoms with van der Waals surface area (Å²) >= 11 is 0. The molecule has 0 bridgehead atoms. The standard InChI is InChI=1S/C9H20N2.2C2H6/c1-9(5-6-10(2)3)7-11(4)8-9;2*1-2/h5-8H2,1-4H3;2*1-2H3. The van der Waals surface area contributed by atoms with E-state index in [-0.39, 0.29) is 0 Å². The molecule has 0 unspecified atom stereocenters. The van der Waals surface area contributed by atoms with Gasteiger partial charge in [-0.1, -0.05) is 34.6 Å². The van der Waals surface area contributed by atoms with E-state index in [4.69, 9.17) is 0 Å². The summed E-state index contributed by atoms with van der Waals surface area (Å²) in [6, 6.07) is 0. The maximum atomic E-state index is 2.39. The van der Waals surface area contributed by atoms with Crippen molar-refractivity contribution in [3.05, 3.63) is 0 Å². The second-order valence-corrected chi connectivity index (χ2v) is 4.54. The van der Waals surface area contributed by atoms with Crippen molar-refractivity contribution in [2.45, 2.75) is 41.0 Å². The van der Waals surface area contributed by atoms with Gasteiger partial charge in [0.15, 0.2) is 0 Å². The smallest absolute Gasteiger partial charge is 0.00452 e. The van der Waals surface area contributed by atoms with Gasteiger partial charge in [0.1, 0.15) is 0 Å². The second kappa shape index (κ2) is 9.17. The van der Waals surface area contributed by atoms with Crippen molar-refractivity contribution in [1.29, 1.82) is 0 Å². The number of hydrogen-bond donors (Lipinski definition) is 0. The number of nitrogens with zero attached hydrogens (tertiary/aromatic N) is 2. The first-order valence-corrected chi connectivity index (χ1v) is 6.35. The van der Waals surface area contributed by atoms with E-state index in [9.17, 15) is 0 Å². The second-order valence-electron chi connectivity index (χ2n) is 4.54. The van der Waals surface area contributed by atoms with Crippen molar-refractivity contribution in [1.82, 2.24) is 9.80 Å². The minimum Gasteiger partial charge on any atom is -0.309 e. The van der Waals surface area contributed by atoms with Crippen LogP contribution in [-0.4, -0.2) is 50.6 Å². The first-order chi connectivity index (χ1) is 7.02. The van der Waals surface area contributed by atoms with Crippen LogP contribution in [0.4, 0.5) is 0 Å². The minimum absolute atomic E-state index is 0.610. The van der Waals surface area contributed by atoms with Crippen LogP contribution >= 0.6 is 0 Å². The van der Waals surface area contributed by atoms with Crippen LogP contribution in [0.15, 0.2) is 0 Å². The molecule has 0 aromatic carbocycles. The van der Waals surface area contributed by atoms with Crippen molar-refractivity contribution in [2.75, 3.05) is 40.8 Å². The van der Waals surface area contributed by atoms with Crippen molar-refractivity contribution < 1.29 is 0 Å². The lowest BCUT2D eigenvalue weighted by Crippen LogP contribution is -2.53. The summed E-state index contributed by atoms with van der Waals surface area (Å²) in [5.74, 6) is 0. The minimum atomic E-state index is 0.610. The Balaban J connectivity index is 0. The Kier molecular flexibility index (Phi) is 10.6. The largest absolute Gasteiger partial charge is 0.309 e. The lowest BCUT2D eigenvalue weighted by molar-refractivity contribution is 0.0261. The van der Waals surface area contributed by atoms with Gasteiger partial charge in [0.25, 0.3) is 0 Å².